The molecule has 0 aliphatic rings. The van der Waals surface area contributed by atoms with Crippen molar-refractivity contribution in [3.05, 3.63) is 52.0 Å². The highest BCUT2D eigenvalue weighted by Gasteiger charge is 2.13. The fourth-order valence-electron chi connectivity index (χ4n) is 2.30. The van der Waals surface area contributed by atoms with Gasteiger partial charge < -0.3 is 9.30 Å². The lowest BCUT2D eigenvalue weighted by Gasteiger charge is -2.04. The number of fused-ring (bicyclic) bond motifs is 1. The SMILES string of the molecule is Br.COc1ccc2c(c1)nc(SCC(=O)c1ccc(Cl)c(Cl)c1)n2C. The van der Waals surface area contributed by atoms with Gasteiger partial charge in [-0.3, -0.25) is 4.79 Å². The first kappa shape index (κ1) is 20.1. The summed E-state index contributed by atoms with van der Waals surface area (Å²) in [5.74, 6) is 0.999. The number of carbonyl (C=O) groups is 1. The van der Waals surface area contributed by atoms with Gasteiger partial charge in [-0.05, 0) is 30.3 Å². The molecule has 0 aliphatic heterocycles. The van der Waals surface area contributed by atoms with Gasteiger partial charge in [0.05, 0.1) is 33.9 Å². The number of hydrogen-bond acceptors (Lipinski definition) is 4. The van der Waals surface area contributed by atoms with Gasteiger partial charge in [-0.25, -0.2) is 4.98 Å². The van der Waals surface area contributed by atoms with Crippen molar-refractivity contribution >= 4 is 68.8 Å². The Bertz CT molecular complexity index is 930. The first-order valence-electron chi connectivity index (χ1n) is 7.11. The topological polar surface area (TPSA) is 44.1 Å². The minimum Gasteiger partial charge on any atom is -0.497 e. The van der Waals surface area contributed by atoms with Gasteiger partial charge in [0.15, 0.2) is 10.9 Å². The standard InChI is InChI=1S/C17H14Cl2N2O2S.BrH/c1-21-15-6-4-11(23-2)8-14(15)20-17(21)24-9-16(22)10-3-5-12(18)13(19)7-10;/h3-8H,9H2,1-2H3;1H. The van der Waals surface area contributed by atoms with Crippen molar-refractivity contribution < 1.29 is 9.53 Å². The number of rotatable bonds is 5. The summed E-state index contributed by atoms with van der Waals surface area (Å²) < 4.78 is 7.17. The number of halogens is 3. The van der Waals surface area contributed by atoms with Crippen molar-refractivity contribution in [1.29, 1.82) is 0 Å². The lowest BCUT2D eigenvalue weighted by atomic mass is 10.1. The Hall–Kier alpha value is -1.21. The van der Waals surface area contributed by atoms with Crippen LogP contribution in [0, 0.1) is 0 Å². The molecule has 132 valence electrons. The predicted octanol–water partition coefficient (Wildman–Crippen LogP) is 5.44. The van der Waals surface area contributed by atoms with Crippen molar-refractivity contribution in [3.63, 3.8) is 0 Å². The lowest BCUT2D eigenvalue weighted by molar-refractivity contribution is 0.102. The molecule has 0 fully saturated rings. The Kier molecular flexibility index (Phi) is 6.79. The zero-order valence-electron chi connectivity index (χ0n) is 13.5. The van der Waals surface area contributed by atoms with Crippen LogP contribution in [0.3, 0.4) is 0 Å². The van der Waals surface area contributed by atoms with Crippen LogP contribution in [0.25, 0.3) is 11.0 Å². The molecular weight excluding hydrogens is 447 g/mol. The number of benzene rings is 2. The quantitative estimate of drug-likeness (QED) is 0.374. The van der Waals surface area contributed by atoms with E-state index in [0.717, 1.165) is 21.9 Å². The Morgan fingerprint density at radius 2 is 1.96 bits per heavy atom. The van der Waals surface area contributed by atoms with Gasteiger partial charge >= 0.3 is 0 Å². The molecule has 8 heteroatoms. The zero-order chi connectivity index (χ0) is 17.3. The average molecular weight is 462 g/mol. The Morgan fingerprint density at radius 1 is 1.20 bits per heavy atom. The van der Waals surface area contributed by atoms with Crippen molar-refractivity contribution in [1.82, 2.24) is 9.55 Å². The molecule has 0 saturated carbocycles. The summed E-state index contributed by atoms with van der Waals surface area (Å²) in [5, 5.41) is 1.58. The van der Waals surface area contributed by atoms with Crippen LogP contribution in [-0.2, 0) is 7.05 Å². The smallest absolute Gasteiger partial charge is 0.173 e. The van der Waals surface area contributed by atoms with E-state index in [0.29, 0.717) is 15.6 Å². The summed E-state index contributed by atoms with van der Waals surface area (Å²) in [7, 11) is 3.55. The number of carbonyl (C=O) groups excluding carboxylic acids is 1. The Labute approximate surface area is 170 Å². The average Bonchev–Trinajstić information content (AvgIpc) is 2.90. The number of nitrogens with zero attached hydrogens (tertiary/aromatic N) is 2. The summed E-state index contributed by atoms with van der Waals surface area (Å²) >= 11 is 13.2. The molecule has 0 saturated heterocycles. The summed E-state index contributed by atoms with van der Waals surface area (Å²) in [6, 6.07) is 10.6. The number of aryl methyl sites for hydroxylation is 1. The molecule has 0 spiro atoms. The van der Waals surface area contributed by atoms with Crippen LogP contribution in [0.1, 0.15) is 10.4 Å². The molecule has 0 atom stereocenters. The van der Waals surface area contributed by atoms with E-state index in [4.69, 9.17) is 27.9 Å². The third kappa shape index (κ3) is 4.31. The van der Waals surface area contributed by atoms with E-state index >= 15 is 0 Å². The lowest BCUT2D eigenvalue weighted by Crippen LogP contribution is -2.03. The predicted molar refractivity (Wildman–Crippen MR) is 109 cm³/mol. The second-order valence-electron chi connectivity index (χ2n) is 5.15. The molecule has 0 N–H and O–H groups in total. The molecule has 0 radical (unpaired) electrons. The molecule has 0 aliphatic carbocycles. The number of aromatic nitrogens is 2. The number of thioether (sulfide) groups is 1. The van der Waals surface area contributed by atoms with E-state index in [2.05, 4.69) is 4.98 Å². The van der Waals surface area contributed by atoms with Gasteiger partial charge in [0.2, 0.25) is 0 Å². The van der Waals surface area contributed by atoms with E-state index in [1.807, 2.05) is 29.8 Å². The number of imidazole rings is 1. The zero-order valence-corrected chi connectivity index (χ0v) is 17.5. The molecule has 1 heterocycles. The molecule has 25 heavy (non-hydrogen) atoms. The number of methoxy groups -OCH3 is 1. The second-order valence-corrected chi connectivity index (χ2v) is 6.91. The summed E-state index contributed by atoms with van der Waals surface area (Å²) in [5.41, 5.74) is 2.36. The highest BCUT2D eigenvalue weighted by molar-refractivity contribution is 8.93. The highest BCUT2D eigenvalue weighted by Crippen LogP contribution is 2.27. The van der Waals surface area contributed by atoms with Crippen LogP contribution < -0.4 is 4.74 Å². The van der Waals surface area contributed by atoms with Crippen LogP contribution in [-0.4, -0.2) is 28.2 Å². The number of ether oxygens (including phenoxy) is 1. The molecule has 4 nitrogen and oxygen atoms in total. The van der Waals surface area contributed by atoms with Crippen LogP contribution >= 0.6 is 51.9 Å². The maximum atomic E-state index is 12.3. The molecule has 1 aromatic heterocycles. The third-order valence-corrected chi connectivity index (χ3v) is 5.39. The minimum atomic E-state index is -0.0248. The number of ketones is 1. The van der Waals surface area contributed by atoms with E-state index in [-0.39, 0.29) is 28.5 Å². The Morgan fingerprint density at radius 3 is 2.64 bits per heavy atom. The van der Waals surface area contributed by atoms with Gasteiger partial charge in [-0.2, -0.15) is 0 Å². The van der Waals surface area contributed by atoms with E-state index in [9.17, 15) is 4.79 Å². The van der Waals surface area contributed by atoms with Gasteiger partial charge in [0.25, 0.3) is 0 Å². The minimum absolute atomic E-state index is 0. The monoisotopic (exact) mass is 460 g/mol. The van der Waals surface area contributed by atoms with Gasteiger partial charge in [0, 0.05) is 18.7 Å². The molecular formula is C17H15BrCl2N2O2S. The van der Waals surface area contributed by atoms with Gasteiger partial charge in [-0.15, -0.1) is 17.0 Å². The maximum Gasteiger partial charge on any atom is 0.173 e. The Balaban J connectivity index is 0.00000225. The fraction of sp³-hybridized carbons (Fsp3) is 0.176. The molecule has 0 unspecified atom stereocenters. The number of Topliss-reactive ketones (excluding diaryl/α,β-unsaturated/α-hetero) is 1. The molecule has 2 aromatic carbocycles. The summed E-state index contributed by atoms with van der Waals surface area (Å²) in [4.78, 5) is 16.9. The first-order chi connectivity index (χ1) is 11.5. The van der Waals surface area contributed by atoms with Crippen LogP contribution in [0.5, 0.6) is 5.75 Å². The van der Waals surface area contributed by atoms with Crippen molar-refractivity contribution in [3.8, 4) is 5.75 Å². The molecule has 3 aromatic rings. The second kappa shape index (κ2) is 8.45. The number of hydrogen-bond donors (Lipinski definition) is 0. The first-order valence-corrected chi connectivity index (χ1v) is 8.85. The normalized spacial score (nSPS) is 10.6. The molecule has 0 bridgehead atoms. The van der Waals surface area contributed by atoms with Gasteiger partial charge in [-0.1, -0.05) is 35.0 Å². The summed E-state index contributed by atoms with van der Waals surface area (Å²) in [6.07, 6.45) is 0. The van der Waals surface area contributed by atoms with Crippen LogP contribution in [0.4, 0.5) is 0 Å². The van der Waals surface area contributed by atoms with Crippen molar-refractivity contribution in [2.24, 2.45) is 7.05 Å². The van der Waals surface area contributed by atoms with Crippen LogP contribution in [0.15, 0.2) is 41.6 Å². The van der Waals surface area contributed by atoms with E-state index in [1.54, 1.807) is 25.3 Å². The third-order valence-electron chi connectivity index (χ3n) is 3.62. The van der Waals surface area contributed by atoms with E-state index < -0.39 is 0 Å². The molecule has 0 amide bonds. The van der Waals surface area contributed by atoms with Crippen LogP contribution in [0.2, 0.25) is 10.0 Å². The van der Waals surface area contributed by atoms with Crippen molar-refractivity contribution in [2.45, 2.75) is 5.16 Å². The molecule has 3 rings (SSSR count). The van der Waals surface area contributed by atoms with Crippen molar-refractivity contribution in [2.75, 3.05) is 12.9 Å². The largest absolute Gasteiger partial charge is 0.497 e. The maximum absolute atomic E-state index is 12.3. The highest BCUT2D eigenvalue weighted by atomic mass is 79.9. The van der Waals surface area contributed by atoms with Gasteiger partial charge in [0.1, 0.15) is 5.75 Å². The summed E-state index contributed by atoms with van der Waals surface area (Å²) in [6.45, 7) is 0. The fourth-order valence-corrected chi connectivity index (χ4v) is 3.48. The van der Waals surface area contributed by atoms with E-state index in [1.165, 1.54) is 11.8 Å².